The Morgan fingerprint density at radius 2 is 1.62 bits per heavy atom. The largest absolute Gasteiger partial charge is 0.368 e. The van der Waals surface area contributed by atoms with Crippen LogP contribution in [0.3, 0.4) is 0 Å². The molecule has 1 amide bonds. The first-order chi connectivity index (χ1) is 16.6. The fraction of sp³-hybridized carbons (Fsp3) is 0.533. The average molecular weight is 456 g/mol. The van der Waals surface area contributed by atoms with Crippen molar-refractivity contribution in [3.05, 3.63) is 71.8 Å². The molecule has 5 unspecified atom stereocenters. The Bertz CT molecular complexity index is 1050. The summed E-state index contributed by atoms with van der Waals surface area (Å²) < 4.78 is 0. The van der Waals surface area contributed by atoms with Crippen LogP contribution in [-0.2, 0) is 17.8 Å². The predicted octanol–water partition coefficient (Wildman–Crippen LogP) is 5.16. The zero-order chi connectivity index (χ0) is 23.2. The van der Waals surface area contributed by atoms with Crippen LogP contribution in [0.4, 0.5) is 0 Å². The molecule has 4 heteroatoms. The number of rotatable bonds is 7. The van der Waals surface area contributed by atoms with E-state index < -0.39 is 5.54 Å². The predicted molar refractivity (Wildman–Crippen MR) is 136 cm³/mol. The summed E-state index contributed by atoms with van der Waals surface area (Å²) in [6.07, 6.45) is 12.7. The summed E-state index contributed by atoms with van der Waals surface area (Å²) >= 11 is 0. The maximum atomic E-state index is 12.8. The van der Waals surface area contributed by atoms with Gasteiger partial charge < -0.3 is 5.73 Å². The standard InChI is InChI=1S/C30H37N3O/c31-28(34)29-18-26-25(20-32-29)27(19-29)33(21-24-14-8-3-9-15-24)30(26,16-22-10-4-1-5-11-22)17-23-12-6-2-7-13-23/h1,3-5,8-11,14-15,20,23,25-27H,2,6-7,12-13,16-19,21H2,(H2,31,34). The summed E-state index contributed by atoms with van der Waals surface area (Å²) in [5, 5.41) is 0. The molecule has 4 nitrogen and oxygen atoms in total. The van der Waals surface area contributed by atoms with Gasteiger partial charge in [0.1, 0.15) is 5.54 Å². The van der Waals surface area contributed by atoms with E-state index in [1.165, 1.54) is 49.7 Å². The van der Waals surface area contributed by atoms with Crippen LogP contribution >= 0.6 is 0 Å². The molecule has 3 fully saturated rings. The van der Waals surface area contributed by atoms with Crippen LogP contribution in [0.2, 0.25) is 0 Å². The second kappa shape index (κ2) is 8.64. The third-order valence-electron chi connectivity index (χ3n) is 9.54. The molecular formula is C30H37N3O. The minimum atomic E-state index is -0.718. The Kier molecular flexibility index (Phi) is 5.60. The first-order valence-electron chi connectivity index (χ1n) is 13.3. The summed E-state index contributed by atoms with van der Waals surface area (Å²) in [5.74, 6) is 1.36. The summed E-state index contributed by atoms with van der Waals surface area (Å²) in [7, 11) is 0. The molecule has 2 aliphatic carbocycles. The average Bonchev–Trinajstić information content (AvgIpc) is 3.05. The van der Waals surface area contributed by atoms with Crippen molar-refractivity contribution in [3.8, 4) is 0 Å². The molecule has 4 bridgehead atoms. The molecule has 3 aliphatic heterocycles. The smallest absolute Gasteiger partial charge is 0.245 e. The summed E-state index contributed by atoms with van der Waals surface area (Å²) in [5.41, 5.74) is 8.12. The van der Waals surface area contributed by atoms with E-state index in [1.54, 1.807) is 0 Å². The van der Waals surface area contributed by atoms with Crippen molar-refractivity contribution in [1.82, 2.24) is 4.90 Å². The van der Waals surface area contributed by atoms with E-state index >= 15 is 0 Å². The Labute approximate surface area is 203 Å². The highest BCUT2D eigenvalue weighted by Gasteiger charge is 2.67. The number of likely N-dealkylation sites (tertiary alicyclic amines) is 1. The Hall–Kier alpha value is -2.46. The van der Waals surface area contributed by atoms with Gasteiger partial charge in [0, 0.05) is 30.3 Å². The van der Waals surface area contributed by atoms with Gasteiger partial charge in [-0.3, -0.25) is 14.7 Å². The Morgan fingerprint density at radius 1 is 0.941 bits per heavy atom. The summed E-state index contributed by atoms with van der Waals surface area (Å²) in [6.45, 7) is 0.931. The third kappa shape index (κ3) is 3.62. The molecule has 0 radical (unpaired) electrons. The lowest BCUT2D eigenvalue weighted by molar-refractivity contribution is -0.125. The molecule has 5 aliphatic rings. The molecule has 0 aromatic heterocycles. The highest BCUT2D eigenvalue weighted by Crippen LogP contribution is 2.60. The first kappa shape index (κ1) is 22.0. The topological polar surface area (TPSA) is 58.7 Å². The second-order valence-corrected chi connectivity index (χ2v) is 11.4. The normalized spacial score (nSPS) is 35.0. The van der Waals surface area contributed by atoms with Gasteiger partial charge in [0.15, 0.2) is 0 Å². The Balaban J connectivity index is 1.46. The van der Waals surface area contributed by atoms with E-state index in [4.69, 9.17) is 10.7 Å². The molecule has 0 spiro atoms. The number of primary amides is 1. The molecule has 1 saturated heterocycles. The van der Waals surface area contributed by atoms with E-state index in [9.17, 15) is 4.79 Å². The van der Waals surface area contributed by atoms with Crippen LogP contribution < -0.4 is 5.73 Å². The van der Waals surface area contributed by atoms with Gasteiger partial charge in [0.2, 0.25) is 5.91 Å². The van der Waals surface area contributed by atoms with Gasteiger partial charge in [-0.1, -0.05) is 92.8 Å². The zero-order valence-electron chi connectivity index (χ0n) is 20.1. The molecule has 2 N–H and O–H groups in total. The Morgan fingerprint density at radius 3 is 2.29 bits per heavy atom. The van der Waals surface area contributed by atoms with Crippen molar-refractivity contribution in [2.45, 2.75) is 81.5 Å². The first-order valence-corrected chi connectivity index (χ1v) is 13.3. The van der Waals surface area contributed by atoms with E-state index in [1.807, 2.05) is 0 Å². The number of nitrogens with zero attached hydrogens (tertiary/aromatic N) is 2. The molecule has 7 rings (SSSR count). The third-order valence-corrected chi connectivity index (χ3v) is 9.54. The highest BCUT2D eigenvalue weighted by atomic mass is 16.1. The van der Waals surface area contributed by atoms with Crippen LogP contribution in [0.5, 0.6) is 0 Å². The number of amides is 1. The van der Waals surface area contributed by atoms with Crippen molar-refractivity contribution in [2.75, 3.05) is 0 Å². The maximum absolute atomic E-state index is 12.8. The number of hydrogen-bond donors (Lipinski definition) is 1. The van der Waals surface area contributed by atoms with Crippen molar-refractivity contribution < 1.29 is 4.79 Å². The van der Waals surface area contributed by atoms with Gasteiger partial charge in [-0.15, -0.1) is 0 Å². The van der Waals surface area contributed by atoms with Crippen LogP contribution in [0, 0.1) is 17.8 Å². The minimum absolute atomic E-state index is 0.0260. The summed E-state index contributed by atoms with van der Waals surface area (Å²) in [6, 6.07) is 22.3. The fourth-order valence-corrected chi connectivity index (χ4v) is 8.01. The van der Waals surface area contributed by atoms with Gasteiger partial charge in [0.25, 0.3) is 0 Å². The summed E-state index contributed by atoms with van der Waals surface area (Å²) in [4.78, 5) is 20.4. The van der Waals surface area contributed by atoms with Crippen molar-refractivity contribution in [3.63, 3.8) is 0 Å². The van der Waals surface area contributed by atoms with E-state index in [-0.39, 0.29) is 11.4 Å². The fourth-order valence-electron chi connectivity index (χ4n) is 8.01. The number of benzene rings is 2. The van der Waals surface area contributed by atoms with Crippen LogP contribution in [-0.4, -0.2) is 34.1 Å². The van der Waals surface area contributed by atoms with E-state index in [0.717, 1.165) is 31.7 Å². The quantitative estimate of drug-likeness (QED) is 0.627. The van der Waals surface area contributed by atoms with E-state index in [2.05, 4.69) is 71.8 Å². The lowest BCUT2D eigenvalue weighted by Gasteiger charge is -2.47. The van der Waals surface area contributed by atoms with Gasteiger partial charge in [-0.25, -0.2) is 0 Å². The molecule has 5 atom stereocenters. The highest BCUT2D eigenvalue weighted by molar-refractivity contribution is 5.89. The molecule has 2 saturated carbocycles. The van der Waals surface area contributed by atoms with Crippen molar-refractivity contribution in [2.24, 2.45) is 28.5 Å². The van der Waals surface area contributed by atoms with Gasteiger partial charge in [-0.2, -0.15) is 0 Å². The molecule has 34 heavy (non-hydrogen) atoms. The monoisotopic (exact) mass is 455 g/mol. The minimum Gasteiger partial charge on any atom is -0.368 e. The SMILES string of the molecule is NC(=O)C12CC3C(C=N1)C(C2)C(Cc1ccccc1)(CC1CCCCC1)N3Cc1ccccc1. The number of hydrogen-bond acceptors (Lipinski definition) is 3. The van der Waals surface area contributed by atoms with Crippen molar-refractivity contribution in [1.29, 1.82) is 0 Å². The van der Waals surface area contributed by atoms with Crippen LogP contribution in [0.1, 0.15) is 62.5 Å². The number of carbonyl (C=O) groups is 1. The molecule has 2 aromatic carbocycles. The number of aliphatic imine (C=N–C) groups is 1. The van der Waals surface area contributed by atoms with Gasteiger partial charge in [0.05, 0.1) is 0 Å². The van der Waals surface area contributed by atoms with Crippen LogP contribution in [0.15, 0.2) is 65.7 Å². The molecule has 3 heterocycles. The molecule has 2 aromatic rings. The van der Waals surface area contributed by atoms with Gasteiger partial charge >= 0.3 is 0 Å². The molecule has 178 valence electrons. The second-order valence-electron chi connectivity index (χ2n) is 11.4. The zero-order valence-corrected chi connectivity index (χ0v) is 20.1. The maximum Gasteiger partial charge on any atom is 0.245 e. The molecular weight excluding hydrogens is 418 g/mol. The lowest BCUT2D eigenvalue weighted by Crippen LogP contribution is -2.56. The van der Waals surface area contributed by atoms with E-state index in [0.29, 0.717) is 17.9 Å². The number of carbonyl (C=O) groups excluding carboxylic acids is 1. The van der Waals surface area contributed by atoms with Gasteiger partial charge in [-0.05, 0) is 48.6 Å². The number of nitrogens with two attached hydrogens (primary N) is 1. The lowest BCUT2D eigenvalue weighted by atomic mass is 9.60. The van der Waals surface area contributed by atoms with Crippen molar-refractivity contribution >= 4 is 12.1 Å². The van der Waals surface area contributed by atoms with Crippen LogP contribution in [0.25, 0.3) is 0 Å².